The molecule has 0 aromatic heterocycles. The first kappa shape index (κ1) is 12.5. The summed E-state index contributed by atoms with van der Waals surface area (Å²) in [7, 11) is 0. The van der Waals surface area contributed by atoms with Crippen LogP contribution in [0.4, 0.5) is 0 Å². The second-order valence-electron chi connectivity index (χ2n) is 6.45. The minimum absolute atomic E-state index is 0.539. The molecule has 0 nitrogen and oxygen atoms in total. The zero-order valence-electron chi connectivity index (χ0n) is 12.1. The highest BCUT2D eigenvalue weighted by molar-refractivity contribution is 7.99. The van der Waals surface area contributed by atoms with Gasteiger partial charge in [-0.05, 0) is 60.8 Å². The average molecular weight is 280 g/mol. The van der Waals surface area contributed by atoms with Crippen LogP contribution in [0.5, 0.6) is 0 Å². The number of benzene rings is 2. The van der Waals surface area contributed by atoms with E-state index >= 15 is 0 Å². The number of thioether (sulfide) groups is 1. The maximum atomic E-state index is 2.31. The summed E-state index contributed by atoms with van der Waals surface area (Å²) in [5, 5.41) is 0.650. The monoisotopic (exact) mass is 280 g/mol. The Kier molecular flexibility index (Phi) is 2.75. The summed E-state index contributed by atoms with van der Waals surface area (Å²) in [6, 6.07) is 15.7. The van der Waals surface area contributed by atoms with Crippen LogP contribution in [0, 0.1) is 19.3 Å². The van der Waals surface area contributed by atoms with E-state index in [2.05, 4.69) is 68.1 Å². The molecule has 1 spiro atoms. The van der Waals surface area contributed by atoms with E-state index < -0.39 is 0 Å². The van der Waals surface area contributed by atoms with Crippen LogP contribution < -0.4 is 0 Å². The normalized spacial score (nSPS) is 22.6. The van der Waals surface area contributed by atoms with Crippen molar-refractivity contribution >= 4 is 11.8 Å². The molecule has 1 aliphatic carbocycles. The Morgan fingerprint density at radius 2 is 1.65 bits per heavy atom. The van der Waals surface area contributed by atoms with Crippen LogP contribution in [-0.4, -0.2) is 0 Å². The van der Waals surface area contributed by atoms with Gasteiger partial charge in [0.2, 0.25) is 0 Å². The molecule has 2 aromatic carbocycles. The van der Waals surface area contributed by atoms with Gasteiger partial charge in [-0.1, -0.05) is 42.5 Å². The maximum Gasteiger partial charge on any atom is 0.0404 e. The quantitative estimate of drug-likeness (QED) is 0.667. The summed E-state index contributed by atoms with van der Waals surface area (Å²) >= 11 is 2.12. The molecule has 102 valence electrons. The summed E-state index contributed by atoms with van der Waals surface area (Å²) in [6.07, 6.45) is 4.07. The molecule has 1 unspecified atom stereocenters. The molecule has 0 radical (unpaired) electrons. The summed E-state index contributed by atoms with van der Waals surface area (Å²) in [5.41, 5.74) is 6.61. The van der Waals surface area contributed by atoms with Crippen molar-refractivity contribution in [3.05, 3.63) is 64.7 Å². The predicted octanol–water partition coefficient (Wildman–Crippen LogP) is 5.47. The van der Waals surface area contributed by atoms with E-state index in [0.717, 1.165) is 0 Å². The third-order valence-electron chi connectivity index (χ3n) is 5.01. The van der Waals surface area contributed by atoms with Crippen molar-refractivity contribution in [2.75, 3.05) is 0 Å². The molecule has 2 aromatic rings. The fourth-order valence-electron chi connectivity index (χ4n) is 3.56. The van der Waals surface area contributed by atoms with Crippen LogP contribution in [0.1, 0.15) is 40.3 Å². The lowest BCUT2D eigenvalue weighted by Gasteiger charge is -2.35. The molecule has 20 heavy (non-hydrogen) atoms. The molecule has 0 N–H and O–H groups in total. The van der Waals surface area contributed by atoms with Crippen molar-refractivity contribution in [3.8, 4) is 0 Å². The molecule has 4 rings (SSSR count). The largest absolute Gasteiger partial charge is 0.117 e. The Hall–Kier alpha value is -1.21. The highest BCUT2D eigenvalue weighted by Crippen LogP contribution is 2.67. The number of aryl methyl sites for hydroxylation is 2. The first-order valence-electron chi connectivity index (χ1n) is 7.50. The average Bonchev–Trinajstić information content (AvgIpc) is 3.24. The van der Waals surface area contributed by atoms with E-state index in [1.165, 1.54) is 36.0 Å². The lowest BCUT2D eigenvalue weighted by Crippen LogP contribution is -2.20. The van der Waals surface area contributed by atoms with E-state index in [1.54, 1.807) is 10.5 Å². The molecule has 1 saturated carbocycles. The fraction of sp³-hybridized carbons (Fsp3) is 0.368. The number of fused-ring (bicyclic) bond motifs is 1. The van der Waals surface area contributed by atoms with Crippen molar-refractivity contribution in [2.24, 2.45) is 5.41 Å². The summed E-state index contributed by atoms with van der Waals surface area (Å²) < 4.78 is 0. The zero-order chi connectivity index (χ0) is 13.7. The van der Waals surface area contributed by atoms with E-state index in [4.69, 9.17) is 0 Å². The molecule has 1 aliphatic heterocycles. The van der Waals surface area contributed by atoms with Gasteiger partial charge in [0.15, 0.2) is 0 Å². The Labute approximate surface area is 125 Å². The van der Waals surface area contributed by atoms with Gasteiger partial charge in [-0.3, -0.25) is 0 Å². The number of rotatable bonds is 1. The standard InChI is InChI=1S/C19H20S/c1-13-8-9-14(2)17-16(13)12-19(10-11-19)18(20-17)15-6-4-3-5-7-15/h3-9,18H,10-12H2,1-2H3. The van der Waals surface area contributed by atoms with Crippen LogP contribution in [0.15, 0.2) is 47.4 Å². The van der Waals surface area contributed by atoms with Gasteiger partial charge < -0.3 is 0 Å². The van der Waals surface area contributed by atoms with Crippen molar-refractivity contribution in [3.63, 3.8) is 0 Å². The predicted molar refractivity (Wildman–Crippen MR) is 86.3 cm³/mol. The second-order valence-corrected chi connectivity index (χ2v) is 7.57. The third-order valence-corrected chi connectivity index (χ3v) is 6.82. The van der Waals surface area contributed by atoms with Gasteiger partial charge in [0.05, 0.1) is 0 Å². The van der Waals surface area contributed by atoms with Crippen LogP contribution in [0.25, 0.3) is 0 Å². The van der Waals surface area contributed by atoms with Crippen LogP contribution in [0.2, 0.25) is 0 Å². The van der Waals surface area contributed by atoms with E-state index in [-0.39, 0.29) is 0 Å². The molecule has 1 heterocycles. The van der Waals surface area contributed by atoms with Crippen molar-refractivity contribution < 1.29 is 0 Å². The van der Waals surface area contributed by atoms with Crippen LogP contribution >= 0.6 is 11.8 Å². The molecule has 1 heteroatoms. The van der Waals surface area contributed by atoms with Crippen molar-refractivity contribution in [2.45, 2.75) is 43.3 Å². The zero-order valence-corrected chi connectivity index (χ0v) is 13.0. The van der Waals surface area contributed by atoms with Gasteiger partial charge in [0, 0.05) is 10.1 Å². The first-order chi connectivity index (χ1) is 9.70. The molecule has 2 aliphatic rings. The van der Waals surface area contributed by atoms with E-state index in [0.29, 0.717) is 10.7 Å². The van der Waals surface area contributed by atoms with Gasteiger partial charge in [0.25, 0.3) is 0 Å². The topological polar surface area (TPSA) is 0 Å². The van der Waals surface area contributed by atoms with Gasteiger partial charge in [-0.25, -0.2) is 0 Å². The number of hydrogen-bond acceptors (Lipinski definition) is 1. The van der Waals surface area contributed by atoms with E-state index in [1.807, 2.05) is 0 Å². The maximum absolute atomic E-state index is 2.31. The molecule has 0 amide bonds. The highest BCUT2D eigenvalue weighted by atomic mass is 32.2. The molecular formula is C19H20S. The third kappa shape index (κ3) is 1.83. The van der Waals surface area contributed by atoms with Gasteiger partial charge in [0.1, 0.15) is 0 Å². The van der Waals surface area contributed by atoms with Crippen molar-refractivity contribution in [1.29, 1.82) is 0 Å². The van der Waals surface area contributed by atoms with E-state index in [9.17, 15) is 0 Å². The van der Waals surface area contributed by atoms with Crippen LogP contribution in [0.3, 0.4) is 0 Å². The molecular weight excluding hydrogens is 260 g/mol. The minimum atomic E-state index is 0.539. The number of hydrogen-bond donors (Lipinski definition) is 0. The smallest absolute Gasteiger partial charge is 0.0404 e. The lowest BCUT2D eigenvalue weighted by atomic mass is 9.86. The summed E-state index contributed by atoms with van der Waals surface area (Å²) in [5.74, 6) is 0. The Morgan fingerprint density at radius 3 is 2.35 bits per heavy atom. The lowest BCUT2D eigenvalue weighted by molar-refractivity contribution is 0.477. The molecule has 1 atom stereocenters. The molecule has 0 bridgehead atoms. The second kappa shape index (κ2) is 4.39. The van der Waals surface area contributed by atoms with Gasteiger partial charge in [-0.15, -0.1) is 11.8 Å². The highest BCUT2D eigenvalue weighted by Gasteiger charge is 2.53. The van der Waals surface area contributed by atoms with Gasteiger partial charge in [-0.2, -0.15) is 0 Å². The molecule has 1 fully saturated rings. The Bertz CT molecular complexity index is 653. The summed E-state index contributed by atoms with van der Waals surface area (Å²) in [6.45, 7) is 4.54. The minimum Gasteiger partial charge on any atom is -0.117 e. The Morgan fingerprint density at radius 1 is 0.950 bits per heavy atom. The first-order valence-corrected chi connectivity index (χ1v) is 8.38. The Balaban J connectivity index is 1.82. The summed E-state index contributed by atoms with van der Waals surface area (Å²) in [4.78, 5) is 1.55. The van der Waals surface area contributed by atoms with Crippen molar-refractivity contribution in [1.82, 2.24) is 0 Å². The molecule has 0 saturated heterocycles. The van der Waals surface area contributed by atoms with Crippen LogP contribution in [-0.2, 0) is 6.42 Å². The SMILES string of the molecule is Cc1ccc(C)c2c1CC1(CC1)C(c1ccccc1)S2. The fourth-order valence-corrected chi connectivity index (χ4v) is 5.29. The van der Waals surface area contributed by atoms with Gasteiger partial charge >= 0.3 is 0 Å².